The first-order valence-electron chi connectivity index (χ1n) is 16.8. The molecule has 1 aliphatic carbocycles. The van der Waals surface area contributed by atoms with Gasteiger partial charge in [-0.25, -0.2) is 0 Å². The summed E-state index contributed by atoms with van der Waals surface area (Å²) in [6, 6.07) is 57.6. The van der Waals surface area contributed by atoms with Crippen LogP contribution in [0.15, 0.2) is 162 Å². The molecule has 0 fully saturated rings. The smallest absolute Gasteiger partial charge is 0.136 e. The lowest BCUT2D eigenvalue weighted by atomic mass is 9.81. The zero-order chi connectivity index (χ0) is 32.0. The van der Waals surface area contributed by atoms with Crippen LogP contribution in [0.25, 0.3) is 88.0 Å². The van der Waals surface area contributed by atoms with Crippen LogP contribution >= 0.6 is 0 Å². The van der Waals surface area contributed by atoms with Gasteiger partial charge in [0.05, 0.1) is 0 Å². The van der Waals surface area contributed by atoms with E-state index in [1.54, 1.807) is 0 Å². The number of para-hydroxylation sites is 1. The third-order valence-corrected chi connectivity index (χ3v) is 10.7. The van der Waals surface area contributed by atoms with E-state index in [0.717, 1.165) is 11.2 Å². The first-order valence-corrected chi connectivity index (χ1v) is 16.8. The van der Waals surface area contributed by atoms with E-state index in [0.29, 0.717) is 0 Å². The molecule has 10 rings (SSSR count). The molecule has 48 heavy (non-hydrogen) atoms. The zero-order valence-corrected chi connectivity index (χ0v) is 26.9. The van der Waals surface area contributed by atoms with Gasteiger partial charge in [-0.15, -0.1) is 0 Å². The Morgan fingerprint density at radius 2 is 0.896 bits per heavy atom. The second kappa shape index (κ2) is 10.0. The van der Waals surface area contributed by atoms with E-state index in [4.69, 9.17) is 4.42 Å². The van der Waals surface area contributed by atoms with Gasteiger partial charge in [-0.1, -0.05) is 153 Å². The average molecular weight is 613 g/mol. The van der Waals surface area contributed by atoms with Crippen molar-refractivity contribution in [2.45, 2.75) is 19.3 Å². The Balaban J connectivity index is 1.11. The second-order valence-electron chi connectivity index (χ2n) is 13.6. The predicted octanol–water partition coefficient (Wildman–Crippen LogP) is 13.2. The zero-order valence-electron chi connectivity index (χ0n) is 26.9. The summed E-state index contributed by atoms with van der Waals surface area (Å²) >= 11 is 0. The summed E-state index contributed by atoms with van der Waals surface area (Å²) in [7, 11) is 0. The number of fused-ring (bicyclic) bond motifs is 9. The normalized spacial score (nSPS) is 13.4. The molecule has 1 aliphatic rings. The molecule has 9 aromatic rings. The molecule has 0 saturated heterocycles. The lowest BCUT2D eigenvalue weighted by Gasteiger charge is -2.22. The van der Waals surface area contributed by atoms with E-state index < -0.39 is 0 Å². The third-order valence-electron chi connectivity index (χ3n) is 10.7. The highest BCUT2D eigenvalue weighted by Crippen LogP contribution is 2.54. The Morgan fingerprint density at radius 1 is 0.375 bits per heavy atom. The summed E-state index contributed by atoms with van der Waals surface area (Å²) in [5.41, 5.74) is 14.7. The molecule has 0 bridgehead atoms. The van der Waals surface area contributed by atoms with Crippen LogP contribution in [0.3, 0.4) is 0 Å². The van der Waals surface area contributed by atoms with Gasteiger partial charge in [0, 0.05) is 16.2 Å². The molecule has 0 spiro atoms. The summed E-state index contributed by atoms with van der Waals surface area (Å²) in [5.74, 6) is 0. The summed E-state index contributed by atoms with van der Waals surface area (Å²) < 4.78 is 6.28. The van der Waals surface area contributed by atoms with Crippen LogP contribution < -0.4 is 0 Å². The van der Waals surface area contributed by atoms with Gasteiger partial charge in [-0.05, 0) is 95.4 Å². The monoisotopic (exact) mass is 612 g/mol. The maximum absolute atomic E-state index is 6.28. The summed E-state index contributed by atoms with van der Waals surface area (Å²) in [6.07, 6.45) is 0. The maximum Gasteiger partial charge on any atom is 0.136 e. The summed E-state index contributed by atoms with van der Waals surface area (Å²) in [5, 5.41) is 7.52. The van der Waals surface area contributed by atoms with E-state index in [1.165, 1.54) is 88.0 Å². The van der Waals surface area contributed by atoms with Crippen molar-refractivity contribution >= 4 is 43.5 Å². The molecule has 0 radical (unpaired) electrons. The average Bonchev–Trinajstić information content (AvgIpc) is 3.62. The lowest BCUT2D eigenvalue weighted by molar-refractivity contribution is 0.657. The highest BCUT2D eigenvalue weighted by Gasteiger charge is 2.37. The van der Waals surface area contributed by atoms with Crippen molar-refractivity contribution in [3.8, 4) is 44.5 Å². The van der Waals surface area contributed by atoms with E-state index in [2.05, 4.69) is 166 Å². The molecule has 0 amide bonds. The van der Waals surface area contributed by atoms with Crippen LogP contribution in [0, 0.1) is 0 Å². The molecule has 0 N–H and O–H groups in total. The highest BCUT2D eigenvalue weighted by molar-refractivity contribution is 6.21. The van der Waals surface area contributed by atoms with Crippen LogP contribution in [0.4, 0.5) is 0 Å². The van der Waals surface area contributed by atoms with Crippen molar-refractivity contribution in [3.05, 3.63) is 169 Å². The Kier molecular flexibility index (Phi) is 5.69. The van der Waals surface area contributed by atoms with Crippen LogP contribution in [-0.4, -0.2) is 0 Å². The quantitative estimate of drug-likeness (QED) is 0.181. The number of furan rings is 1. The van der Waals surface area contributed by atoms with Crippen molar-refractivity contribution in [2.24, 2.45) is 0 Å². The molecule has 0 unspecified atom stereocenters. The maximum atomic E-state index is 6.28. The van der Waals surface area contributed by atoms with Gasteiger partial charge >= 0.3 is 0 Å². The van der Waals surface area contributed by atoms with E-state index >= 15 is 0 Å². The molecule has 1 heteroatoms. The third kappa shape index (κ3) is 3.79. The van der Waals surface area contributed by atoms with E-state index in [1.807, 2.05) is 6.07 Å². The van der Waals surface area contributed by atoms with Crippen LogP contribution in [0.5, 0.6) is 0 Å². The van der Waals surface area contributed by atoms with Crippen molar-refractivity contribution < 1.29 is 4.42 Å². The van der Waals surface area contributed by atoms with Crippen LogP contribution in [0.2, 0.25) is 0 Å². The van der Waals surface area contributed by atoms with Crippen molar-refractivity contribution in [1.82, 2.24) is 0 Å². The van der Waals surface area contributed by atoms with Gasteiger partial charge in [0.25, 0.3) is 0 Å². The fraction of sp³-hybridized carbons (Fsp3) is 0.0638. The molecule has 1 heterocycles. The number of rotatable bonds is 3. The number of benzene rings is 8. The van der Waals surface area contributed by atoms with Gasteiger partial charge in [-0.3, -0.25) is 0 Å². The molecule has 1 aromatic heterocycles. The van der Waals surface area contributed by atoms with Crippen LogP contribution in [0.1, 0.15) is 25.0 Å². The molecule has 1 nitrogen and oxygen atoms in total. The molecule has 0 atom stereocenters. The lowest BCUT2D eigenvalue weighted by Crippen LogP contribution is -2.14. The predicted molar refractivity (Wildman–Crippen MR) is 203 cm³/mol. The van der Waals surface area contributed by atoms with Gasteiger partial charge in [0.15, 0.2) is 0 Å². The van der Waals surface area contributed by atoms with Gasteiger partial charge in [-0.2, -0.15) is 0 Å². The SMILES string of the molecule is CC1(C)c2cc(-c3ccc(-c4c5ccccc5c(-c5ccccc5)c5ccccc45)cc3)ccc2-c2c1ccc1oc3ccccc3c21. The van der Waals surface area contributed by atoms with Crippen molar-refractivity contribution in [2.75, 3.05) is 0 Å². The molecule has 226 valence electrons. The molecular formula is C47H32O. The Hall–Kier alpha value is -5.92. The first-order chi connectivity index (χ1) is 23.6. The number of hydrogen-bond donors (Lipinski definition) is 0. The Bertz CT molecular complexity index is 2670. The van der Waals surface area contributed by atoms with Crippen molar-refractivity contribution in [3.63, 3.8) is 0 Å². The minimum absolute atomic E-state index is 0.120. The summed E-state index contributed by atoms with van der Waals surface area (Å²) in [4.78, 5) is 0. The number of hydrogen-bond acceptors (Lipinski definition) is 1. The molecule has 0 aliphatic heterocycles. The Morgan fingerprint density at radius 3 is 1.54 bits per heavy atom. The Labute approximate surface area is 279 Å². The summed E-state index contributed by atoms with van der Waals surface area (Å²) in [6.45, 7) is 4.71. The van der Waals surface area contributed by atoms with Gasteiger partial charge in [0.1, 0.15) is 11.2 Å². The van der Waals surface area contributed by atoms with E-state index in [9.17, 15) is 0 Å². The van der Waals surface area contributed by atoms with Crippen molar-refractivity contribution in [1.29, 1.82) is 0 Å². The minimum atomic E-state index is -0.120. The van der Waals surface area contributed by atoms with Gasteiger partial charge < -0.3 is 4.42 Å². The fourth-order valence-electron chi connectivity index (χ4n) is 8.41. The second-order valence-corrected chi connectivity index (χ2v) is 13.6. The molecular weight excluding hydrogens is 581 g/mol. The van der Waals surface area contributed by atoms with Gasteiger partial charge in [0.2, 0.25) is 0 Å². The fourth-order valence-corrected chi connectivity index (χ4v) is 8.41. The molecule has 0 saturated carbocycles. The van der Waals surface area contributed by atoms with Crippen LogP contribution in [-0.2, 0) is 5.41 Å². The first kappa shape index (κ1) is 27.2. The molecule has 8 aromatic carbocycles. The largest absolute Gasteiger partial charge is 0.456 e. The highest BCUT2D eigenvalue weighted by atomic mass is 16.3. The van der Waals surface area contributed by atoms with E-state index in [-0.39, 0.29) is 5.41 Å². The topological polar surface area (TPSA) is 13.1 Å². The standard InChI is InChI=1S/C47H32O/c1-47(2)39-26-27-42-46(38-18-10-11-19-41(38)48-42)45(39)37-25-24-32(28-40(37)47)29-20-22-31(23-21-29)44-35-16-8-6-14-33(35)43(30-12-4-3-5-13-30)34-15-7-9-17-36(34)44/h3-28H,1-2H3. The minimum Gasteiger partial charge on any atom is -0.456 e.